The number of nitrogens with one attached hydrogen (secondary N) is 1. The Bertz CT molecular complexity index is 870. The Morgan fingerprint density at radius 1 is 1.12 bits per heavy atom. The van der Waals surface area contributed by atoms with E-state index in [9.17, 15) is 9.59 Å². The molecule has 6 heteroatoms. The molecule has 1 fully saturated rings. The first-order valence-corrected chi connectivity index (χ1v) is 12.2. The van der Waals surface area contributed by atoms with Crippen LogP contribution < -0.4 is 15.8 Å². The number of benzene rings is 2. The molecule has 2 aromatic rings. The van der Waals surface area contributed by atoms with Gasteiger partial charge in [-0.3, -0.25) is 9.59 Å². The molecule has 0 aliphatic carbocycles. The van der Waals surface area contributed by atoms with Crippen LogP contribution in [0.2, 0.25) is 0 Å². The number of unbranched alkanes of at least 4 members (excludes halogenated alkanes) is 2. The van der Waals surface area contributed by atoms with Crippen LogP contribution in [0.1, 0.15) is 62.6 Å². The minimum absolute atomic E-state index is 0.0602. The van der Waals surface area contributed by atoms with Gasteiger partial charge in [0.1, 0.15) is 18.4 Å². The zero-order chi connectivity index (χ0) is 23.5. The highest BCUT2D eigenvalue weighted by molar-refractivity contribution is 5.88. The van der Waals surface area contributed by atoms with E-state index in [4.69, 9.17) is 10.5 Å². The third-order valence-electron chi connectivity index (χ3n) is 6.19. The smallest absolute Gasteiger partial charge is 0.249 e. The average molecular weight is 452 g/mol. The quantitative estimate of drug-likeness (QED) is 0.502. The highest BCUT2D eigenvalue weighted by atomic mass is 16.5. The number of nitrogens with zero attached hydrogens (tertiary/aromatic N) is 1. The van der Waals surface area contributed by atoms with E-state index in [0.717, 1.165) is 49.0 Å². The monoisotopic (exact) mass is 451 g/mol. The molecule has 2 amide bonds. The largest absolute Gasteiger partial charge is 0.489 e. The number of nitrogens with two attached hydrogens (primary N) is 1. The molecule has 0 radical (unpaired) electrons. The van der Waals surface area contributed by atoms with Crippen molar-refractivity contribution in [3.63, 3.8) is 0 Å². The minimum Gasteiger partial charge on any atom is -0.489 e. The summed E-state index contributed by atoms with van der Waals surface area (Å²) in [6, 6.07) is 16.8. The van der Waals surface area contributed by atoms with E-state index < -0.39 is 6.04 Å². The molecule has 2 aromatic carbocycles. The van der Waals surface area contributed by atoms with E-state index in [2.05, 4.69) is 12.2 Å². The zero-order valence-corrected chi connectivity index (χ0v) is 19.7. The third kappa shape index (κ3) is 7.60. The Kier molecular flexibility index (Phi) is 9.76. The molecular formula is C27H37N3O3. The Labute approximate surface area is 197 Å². The van der Waals surface area contributed by atoms with Crippen LogP contribution in [0.5, 0.6) is 5.75 Å². The molecule has 0 aromatic heterocycles. The van der Waals surface area contributed by atoms with Gasteiger partial charge in [0.05, 0.1) is 0 Å². The molecule has 6 nitrogen and oxygen atoms in total. The minimum atomic E-state index is -0.696. The highest BCUT2D eigenvalue weighted by Gasteiger charge is 2.30. The number of carbonyl (C=O) groups excluding carboxylic acids is 2. The summed E-state index contributed by atoms with van der Waals surface area (Å²) in [6.07, 6.45) is 5.30. The van der Waals surface area contributed by atoms with Gasteiger partial charge in [-0.05, 0) is 55.0 Å². The van der Waals surface area contributed by atoms with E-state index in [-0.39, 0.29) is 11.8 Å². The molecule has 0 unspecified atom stereocenters. The van der Waals surface area contributed by atoms with Crippen LogP contribution >= 0.6 is 0 Å². The van der Waals surface area contributed by atoms with Crippen molar-refractivity contribution in [1.29, 1.82) is 0 Å². The van der Waals surface area contributed by atoms with Crippen LogP contribution in [0.15, 0.2) is 54.6 Å². The van der Waals surface area contributed by atoms with Gasteiger partial charge < -0.3 is 20.7 Å². The van der Waals surface area contributed by atoms with E-state index >= 15 is 0 Å². The van der Waals surface area contributed by atoms with Gasteiger partial charge in [0, 0.05) is 19.5 Å². The standard InChI is InChI=1S/C27H37N3O3/c1-2-3-5-12-25(31)29-26(27(32)30-17-8-11-22(18-28)19-30)23-13-15-24(16-14-23)33-20-21-9-6-4-7-10-21/h4,6-7,9-10,13-16,22,26H,2-3,5,8,11-12,17-20,28H2,1H3,(H,29,31)/t22-,26-/m0/s1. The lowest BCUT2D eigenvalue weighted by Gasteiger charge is -2.35. The van der Waals surface area contributed by atoms with Gasteiger partial charge in [-0.15, -0.1) is 0 Å². The van der Waals surface area contributed by atoms with Crippen molar-refractivity contribution in [2.75, 3.05) is 19.6 Å². The van der Waals surface area contributed by atoms with E-state index in [1.807, 2.05) is 59.5 Å². The van der Waals surface area contributed by atoms with Crippen LogP contribution in [-0.2, 0) is 16.2 Å². The Morgan fingerprint density at radius 2 is 1.88 bits per heavy atom. The first-order valence-electron chi connectivity index (χ1n) is 12.2. The summed E-state index contributed by atoms with van der Waals surface area (Å²) in [7, 11) is 0. The topological polar surface area (TPSA) is 84.7 Å². The molecule has 1 heterocycles. The fraction of sp³-hybridized carbons (Fsp3) is 0.481. The number of carbonyl (C=O) groups is 2. The molecule has 1 aliphatic heterocycles. The lowest BCUT2D eigenvalue weighted by molar-refractivity contribution is -0.138. The normalized spacial score (nSPS) is 16.8. The van der Waals surface area contributed by atoms with Crippen LogP contribution in [0, 0.1) is 5.92 Å². The number of amides is 2. The Hall–Kier alpha value is -2.86. The number of ether oxygens (including phenoxy) is 1. The molecule has 33 heavy (non-hydrogen) atoms. The van der Waals surface area contributed by atoms with E-state index in [0.29, 0.717) is 38.6 Å². The second-order valence-corrected chi connectivity index (χ2v) is 8.83. The second-order valence-electron chi connectivity index (χ2n) is 8.83. The summed E-state index contributed by atoms with van der Waals surface area (Å²) in [5, 5.41) is 3.00. The second kappa shape index (κ2) is 13.0. The van der Waals surface area contributed by atoms with Crippen molar-refractivity contribution in [3.05, 3.63) is 65.7 Å². The van der Waals surface area contributed by atoms with Crippen LogP contribution in [0.4, 0.5) is 0 Å². The molecule has 0 spiro atoms. The number of hydrogen-bond acceptors (Lipinski definition) is 4. The molecule has 0 bridgehead atoms. The van der Waals surface area contributed by atoms with Crippen molar-refractivity contribution in [2.24, 2.45) is 11.7 Å². The van der Waals surface area contributed by atoms with E-state index in [1.54, 1.807) is 0 Å². The predicted octanol–water partition coefficient (Wildman–Crippen LogP) is 4.20. The summed E-state index contributed by atoms with van der Waals surface area (Å²) >= 11 is 0. The molecule has 3 N–H and O–H groups in total. The predicted molar refractivity (Wildman–Crippen MR) is 131 cm³/mol. The van der Waals surface area contributed by atoms with Gasteiger partial charge in [0.15, 0.2) is 0 Å². The van der Waals surface area contributed by atoms with Crippen LogP contribution in [0.3, 0.4) is 0 Å². The van der Waals surface area contributed by atoms with Gasteiger partial charge in [0.25, 0.3) is 0 Å². The van der Waals surface area contributed by atoms with Crippen molar-refractivity contribution < 1.29 is 14.3 Å². The van der Waals surface area contributed by atoms with Gasteiger partial charge in [0.2, 0.25) is 11.8 Å². The van der Waals surface area contributed by atoms with Crippen molar-refractivity contribution in [2.45, 2.75) is 58.1 Å². The molecular weight excluding hydrogens is 414 g/mol. The van der Waals surface area contributed by atoms with Crippen LogP contribution in [0.25, 0.3) is 0 Å². The van der Waals surface area contributed by atoms with Crippen molar-refractivity contribution in [1.82, 2.24) is 10.2 Å². The fourth-order valence-electron chi connectivity index (χ4n) is 4.19. The first kappa shape index (κ1) is 24.8. The maximum Gasteiger partial charge on any atom is 0.249 e. The Balaban J connectivity index is 1.70. The van der Waals surface area contributed by atoms with Crippen LogP contribution in [-0.4, -0.2) is 36.3 Å². The molecule has 3 rings (SSSR count). The van der Waals surface area contributed by atoms with Gasteiger partial charge in [-0.2, -0.15) is 0 Å². The maximum absolute atomic E-state index is 13.5. The summed E-state index contributed by atoms with van der Waals surface area (Å²) in [5.41, 5.74) is 7.73. The van der Waals surface area contributed by atoms with E-state index in [1.165, 1.54) is 0 Å². The van der Waals surface area contributed by atoms with Gasteiger partial charge >= 0.3 is 0 Å². The first-order chi connectivity index (χ1) is 16.1. The summed E-state index contributed by atoms with van der Waals surface area (Å²) in [4.78, 5) is 27.9. The number of rotatable bonds is 11. The molecule has 0 saturated carbocycles. The number of piperidine rings is 1. The lowest BCUT2D eigenvalue weighted by atomic mass is 9.96. The van der Waals surface area contributed by atoms with Gasteiger partial charge in [-0.25, -0.2) is 0 Å². The van der Waals surface area contributed by atoms with Crippen molar-refractivity contribution in [3.8, 4) is 5.75 Å². The highest BCUT2D eigenvalue weighted by Crippen LogP contribution is 2.24. The molecule has 178 valence electrons. The molecule has 2 atom stereocenters. The summed E-state index contributed by atoms with van der Waals surface area (Å²) < 4.78 is 5.88. The summed E-state index contributed by atoms with van der Waals surface area (Å²) in [5.74, 6) is 0.898. The zero-order valence-electron chi connectivity index (χ0n) is 19.7. The number of hydrogen-bond donors (Lipinski definition) is 2. The third-order valence-corrected chi connectivity index (χ3v) is 6.19. The SMILES string of the molecule is CCCCCC(=O)N[C@H](C(=O)N1CCC[C@@H](CN)C1)c1ccc(OCc2ccccc2)cc1. The average Bonchev–Trinajstić information content (AvgIpc) is 2.87. The summed E-state index contributed by atoms with van der Waals surface area (Å²) in [6.45, 7) is 4.51. The fourth-order valence-corrected chi connectivity index (χ4v) is 4.19. The number of likely N-dealkylation sites (tertiary alicyclic amines) is 1. The maximum atomic E-state index is 13.5. The van der Waals surface area contributed by atoms with Gasteiger partial charge in [-0.1, -0.05) is 62.2 Å². The molecule has 1 aliphatic rings. The van der Waals surface area contributed by atoms with Crippen molar-refractivity contribution >= 4 is 11.8 Å². The lowest BCUT2D eigenvalue weighted by Crippen LogP contribution is -2.48. The Morgan fingerprint density at radius 3 is 2.58 bits per heavy atom. The molecule has 1 saturated heterocycles.